The first kappa shape index (κ1) is 21.1. The van der Waals surface area contributed by atoms with Crippen molar-refractivity contribution in [1.82, 2.24) is 0 Å². The van der Waals surface area contributed by atoms with Crippen LogP contribution in [0.5, 0.6) is 0 Å². The lowest BCUT2D eigenvalue weighted by atomic mass is 9.95. The minimum atomic E-state index is -1.21. The molecule has 0 fully saturated rings. The van der Waals surface area contributed by atoms with Crippen LogP contribution in [0.25, 0.3) is 11.1 Å². The van der Waals surface area contributed by atoms with Gasteiger partial charge in [0.15, 0.2) is 0 Å². The first-order chi connectivity index (χ1) is 13.3. The number of esters is 2. The predicted octanol–water partition coefficient (Wildman–Crippen LogP) is 2.88. The summed E-state index contributed by atoms with van der Waals surface area (Å²) in [5, 5.41) is 20.7. The molecule has 2 N–H and O–H groups in total. The molecule has 6 nitrogen and oxygen atoms in total. The molecule has 0 heterocycles. The van der Waals surface area contributed by atoms with Crippen molar-refractivity contribution in [3.63, 3.8) is 0 Å². The summed E-state index contributed by atoms with van der Waals surface area (Å²) in [4.78, 5) is 23.2. The molecule has 0 saturated heterocycles. The van der Waals surface area contributed by atoms with E-state index in [1.165, 1.54) is 14.2 Å². The highest BCUT2D eigenvalue weighted by atomic mass is 16.5. The van der Waals surface area contributed by atoms with Gasteiger partial charge in [0.25, 0.3) is 0 Å². The lowest BCUT2D eigenvalue weighted by Gasteiger charge is -2.15. The molecule has 0 bridgehead atoms. The van der Waals surface area contributed by atoms with Gasteiger partial charge in [-0.25, -0.2) is 9.59 Å². The maximum Gasteiger partial charge on any atom is 0.336 e. The van der Waals surface area contributed by atoms with Crippen LogP contribution in [0.4, 0.5) is 0 Å². The second-order valence-corrected chi connectivity index (χ2v) is 6.09. The van der Waals surface area contributed by atoms with E-state index in [4.69, 9.17) is 0 Å². The van der Waals surface area contributed by atoms with Crippen LogP contribution in [0.15, 0.2) is 72.8 Å². The molecule has 0 aliphatic heterocycles. The normalized spacial score (nSPS) is 12.6. The smallest absolute Gasteiger partial charge is 0.336 e. The number of methoxy groups -OCH3 is 2. The number of rotatable bonds is 7. The fourth-order valence-corrected chi connectivity index (χ4v) is 2.66. The van der Waals surface area contributed by atoms with Crippen LogP contribution in [0.2, 0.25) is 0 Å². The molecule has 2 rings (SSSR count). The Kier molecular flexibility index (Phi) is 6.87. The van der Waals surface area contributed by atoms with Crippen LogP contribution >= 0.6 is 0 Å². The van der Waals surface area contributed by atoms with Gasteiger partial charge in [0.05, 0.1) is 25.4 Å². The quantitative estimate of drug-likeness (QED) is 0.565. The van der Waals surface area contributed by atoms with Gasteiger partial charge in [-0.1, -0.05) is 49.6 Å². The third-order valence-electron chi connectivity index (χ3n) is 4.29. The van der Waals surface area contributed by atoms with Crippen LogP contribution in [0.1, 0.15) is 23.3 Å². The van der Waals surface area contributed by atoms with Gasteiger partial charge in [-0.15, -0.1) is 0 Å². The van der Waals surface area contributed by atoms with E-state index in [2.05, 4.69) is 22.6 Å². The molecule has 2 aromatic carbocycles. The molecule has 2 unspecified atom stereocenters. The van der Waals surface area contributed by atoms with Crippen molar-refractivity contribution < 1.29 is 29.3 Å². The molecular formula is C22H22O6. The minimum absolute atomic E-state index is 0.0711. The zero-order valence-electron chi connectivity index (χ0n) is 15.7. The van der Waals surface area contributed by atoms with Crippen molar-refractivity contribution in [3.8, 4) is 11.1 Å². The average Bonchev–Trinajstić information content (AvgIpc) is 2.75. The van der Waals surface area contributed by atoms with Gasteiger partial charge < -0.3 is 19.7 Å². The summed E-state index contributed by atoms with van der Waals surface area (Å²) in [7, 11) is 2.44. The minimum Gasteiger partial charge on any atom is -0.466 e. The van der Waals surface area contributed by atoms with Crippen molar-refractivity contribution in [2.45, 2.75) is 12.2 Å². The maximum atomic E-state index is 11.6. The van der Waals surface area contributed by atoms with E-state index >= 15 is 0 Å². The Morgan fingerprint density at radius 3 is 1.46 bits per heavy atom. The fourth-order valence-electron chi connectivity index (χ4n) is 2.66. The van der Waals surface area contributed by atoms with E-state index in [9.17, 15) is 19.8 Å². The van der Waals surface area contributed by atoms with Gasteiger partial charge in [-0.3, -0.25) is 0 Å². The lowest BCUT2D eigenvalue weighted by Crippen LogP contribution is -2.12. The van der Waals surface area contributed by atoms with Gasteiger partial charge in [-0.05, 0) is 34.4 Å². The van der Waals surface area contributed by atoms with Crippen LogP contribution < -0.4 is 0 Å². The van der Waals surface area contributed by atoms with E-state index in [0.717, 1.165) is 11.1 Å². The third kappa shape index (κ3) is 4.54. The molecule has 0 saturated carbocycles. The molecular weight excluding hydrogens is 360 g/mol. The molecule has 0 aromatic heterocycles. The number of aliphatic hydroxyl groups is 2. The molecule has 2 atom stereocenters. The summed E-state index contributed by atoms with van der Waals surface area (Å²) in [5.41, 5.74) is 2.28. The van der Waals surface area contributed by atoms with E-state index in [-0.39, 0.29) is 11.1 Å². The van der Waals surface area contributed by atoms with E-state index < -0.39 is 24.1 Å². The Balaban J connectivity index is 2.34. The average molecular weight is 382 g/mol. The lowest BCUT2D eigenvalue weighted by molar-refractivity contribution is -0.138. The molecule has 0 amide bonds. The number of carbonyl (C=O) groups excluding carboxylic acids is 2. The Labute approximate surface area is 163 Å². The fraction of sp³-hybridized carbons (Fsp3) is 0.182. The van der Waals surface area contributed by atoms with Gasteiger partial charge >= 0.3 is 11.9 Å². The summed E-state index contributed by atoms with van der Waals surface area (Å²) in [6.07, 6.45) is -2.42. The van der Waals surface area contributed by atoms with Gasteiger partial charge in [0, 0.05) is 0 Å². The summed E-state index contributed by atoms with van der Waals surface area (Å²) >= 11 is 0. The number of ether oxygens (including phenoxy) is 2. The second kappa shape index (κ2) is 9.12. The molecule has 2 aromatic rings. The molecule has 6 heteroatoms. The molecule has 0 spiro atoms. The number of aliphatic hydroxyl groups excluding tert-OH is 2. The maximum absolute atomic E-state index is 11.6. The zero-order valence-corrected chi connectivity index (χ0v) is 15.7. The van der Waals surface area contributed by atoms with Gasteiger partial charge in [0.1, 0.15) is 12.2 Å². The third-order valence-corrected chi connectivity index (χ3v) is 4.29. The van der Waals surface area contributed by atoms with Crippen LogP contribution in [-0.2, 0) is 19.1 Å². The Hall–Kier alpha value is -3.22. The van der Waals surface area contributed by atoms with Crippen molar-refractivity contribution in [1.29, 1.82) is 0 Å². The number of carbonyl (C=O) groups is 2. The monoisotopic (exact) mass is 382 g/mol. The predicted molar refractivity (Wildman–Crippen MR) is 104 cm³/mol. The largest absolute Gasteiger partial charge is 0.466 e. The van der Waals surface area contributed by atoms with Crippen LogP contribution in [0, 0.1) is 0 Å². The Morgan fingerprint density at radius 1 is 0.786 bits per heavy atom. The van der Waals surface area contributed by atoms with Crippen LogP contribution in [0.3, 0.4) is 0 Å². The second-order valence-electron chi connectivity index (χ2n) is 6.09. The highest BCUT2D eigenvalue weighted by Gasteiger charge is 2.21. The van der Waals surface area contributed by atoms with Crippen molar-refractivity contribution >= 4 is 11.9 Å². The molecule has 0 aliphatic carbocycles. The molecule has 28 heavy (non-hydrogen) atoms. The molecule has 146 valence electrons. The number of benzene rings is 2. The van der Waals surface area contributed by atoms with E-state index in [1.54, 1.807) is 36.4 Å². The Morgan fingerprint density at radius 2 is 1.14 bits per heavy atom. The van der Waals surface area contributed by atoms with Crippen LogP contribution in [-0.4, -0.2) is 36.4 Å². The highest BCUT2D eigenvalue weighted by Crippen LogP contribution is 2.29. The highest BCUT2D eigenvalue weighted by molar-refractivity contribution is 5.89. The summed E-state index contributed by atoms with van der Waals surface area (Å²) in [6.45, 7) is 7.15. The number of hydrogen-bond donors (Lipinski definition) is 2. The summed E-state index contributed by atoms with van der Waals surface area (Å²) in [5.74, 6) is -1.38. The van der Waals surface area contributed by atoms with Crippen molar-refractivity contribution in [3.05, 3.63) is 84.0 Å². The van der Waals surface area contributed by atoms with Crippen molar-refractivity contribution in [2.24, 2.45) is 0 Å². The summed E-state index contributed by atoms with van der Waals surface area (Å²) < 4.78 is 9.18. The number of hydrogen-bond acceptors (Lipinski definition) is 6. The standard InChI is InChI=1S/C22H22O6/c1-13(21(25)27-3)19(23)17-9-5-7-15(11-17)16-8-6-10-18(12-16)20(24)14(2)22(26)28-4/h5-12,19-20,23-24H,1-2H2,3-4H3. The first-order valence-corrected chi connectivity index (χ1v) is 8.40. The van der Waals surface area contributed by atoms with Gasteiger partial charge in [-0.2, -0.15) is 0 Å². The Bertz CT molecular complexity index is 839. The van der Waals surface area contributed by atoms with E-state index in [0.29, 0.717) is 11.1 Å². The first-order valence-electron chi connectivity index (χ1n) is 8.40. The SMILES string of the molecule is C=C(C(=O)OC)C(O)c1cccc(-c2cccc(C(O)C(=C)C(=O)OC)c2)c1. The molecule has 0 aliphatic rings. The molecule has 0 radical (unpaired) electrons. The topological polar surface area (TPSA) is 93.1 Å². The summed E-state index contributed by atoms with van der Waals surface area (Å²) in [6, 6.07) is 13.8. The van der Waals surface area contributed by atoms with Gasteiger partial charge in [0.2, 0.25) is 0 Å². The van der Waals surface area contributed by atoms with E-state index in [1.807, 2.05) is 12.1 Å². The van der Waals surface area contributed by atoms with Crippen molar-refractivity contribution in [2.75, 3.05) is 14.2 Å². The zero-order chi connectivity index (χ0) is 20.8.